The molecular formula is C13H13ClN2. The van der Waals surface area contributed by atoms with Crippen LogP contribution in [0.4, 0.5) is 11.5 Å². The molecule has 0 spiro atoms. The molecule has 1 aromatic carbocycles. The molecule has 1 aromatic heterocycles. The van der Waals surface area contributed by atoms with Gasteiger partial charge < -0.3 is 5.32 Å². The summed E-state index contributed by atoms with van der Waals surface area (Å²) < 4.78 is 0. The van der Waals surface area contributed by atoms with E-state index in [4.69, 9.17) is 11.6 Å². The van der Waals surface area contributed by atoms with Gasteiger partial charge in [0.2, 0.25) is 0 Å². The average Bonchev–Trinajstić information content (AvgIpc) is 2.30. The van der Waals surface area contributed by atoms with E-state index in [9.17, 15) is 0 Å². The van der Waals surface area contributed by atoms with Crippen molar-refractivity contribution >= 4 is 23.1 Å². The van der Waals surface area contributed by atoms with Crippen LogP contribution in [0.5, 0.6) is 0 Å². The molecule has 0 fully saturated rings. The lowest BCUT2D eigenvalue weighted by molar-refractivity contribution is 1.20. The molecule has 0 amide bonds. The molecule has 1 heterocycles. The lowest BCUT2D eigenvalue weighted by Gasteiger charge is -2.06. The molecule has 0 saturated heterocycles. The van der Waals surface area contributed by atoms with E-state index in [-0.39, 0.29) is 0 Å². The monoisotopic (exact) mass is 232 g/mol. The maximum absolute atomic E-state index is 5.73. The van der Waals surface area contributed by atoms with Gasteiger partial charge in [-0.1, -0.05) is 18.2 Å². The largest absolute Gasteiger partial charge is 0.340 e. The molecule has 82 valence electrons. The lowest BCUT2D eigenvalue weighted by Crippen LogP contribution is -1.94. The van der Waals surface area contributed by atoms with Crippen molar-refractivity contribution in [3.63, 3.8) is 0 Å². The summed E-state index contributed by atoms with van der Waals surface area (Å²) in [6.45, 7) is 1.97. The van der Waals surface area contributed by atoms with Crippen molar-refractivity contribution < 1.29 is 0 Å². The van der Waals surface area contributed by atoms with Crippen molar-refractivity contribution in [2.75, 3.05) is 5.32 Å². The molecular weight excluding hydrogens is 220 g/mol. The fourth-order valence-corrected chi connectivity index (χ4v) is 1.62. The predicted molar refractivity (Wildman–Crippen MR) is 68.3 cm³/mol. The summed E-state index contributed by atoms with van der Waals surface area (Å²) in [6, 6.07) is 13.9. The second-order valence-corrected chi connectivity index (χ2v) is 3.89. The summed E-state index contributed by atoms with van der Waals surface area (Å²) in [4.78, 5) is 4.37. The minimum atomic E-state index is 0.545. The lowest BCUT2D eigenvalue weighted by atomic mass is 10.2. The standard InChI is InChI=1S/C13H13ClN2/c1-10-3-2-4-13(15-10)16-12-7-5-11(9-14)6-8-12/h2-8H,9H2,1H3,(H,15,16). The molecule has 0 bridgehead atoms. The first-order valence-corrected chi connectivity index (χ1v) is 5.67. The van der Waals surface area contributed by atoms with Gasteiger partial charge in [-0.2, -0.15) is 0 Å². The van der Waals surface area contributed by atoms with Gasteiger partial charge in [0.05, 0.1) is 0 Å². The smallest absolute Gasteiger partial charge is 0.130 e. The van der Waals surface area contributed by atoms with Gasteiger partial charge in [-0.15, -0.1) is 11.6 Å². The van der Waals surface area contributed by atoms with Crippen molar-refractivity contribution in [3.8, 4) is 0 Å². The van der Waals surface area contributed by atoms with Crippen LogP contribution < -0.4 is 5.32 Å². The normalized spacial score (nSPS) is 10.1. The first kappa shape index (κ1) is 11.0. The quantitative estimate of drug-likeness (QED) is 0.813. The molecule has 0 aliphatic rings. The van der Waals surface area contributed by atoms with Gasteiger partial charge in [0.25, 0.3) is 0 Å². The Labute approximate surface area is 100 Å². The number of aryl methyl sites for hydroxylation is 1. The molecule has 16 heavy (non-hydrogen) atoms. The van der Waals surface area contributed by atoms with Crippen molar-refractivity contribution in [2.45, 2.75) is 12.8 Å². The molecule has 1 N–H and O–H groups in total. The molecule has 0 radical (unpaired) electrons. The van der Waals surface area contributed by atoms with Crippen molar-refractivity contribution in [1.82, 2.24) is 4.98 Å². The van der Waals surface area contributed by atoms with Gasteiger partial charge in [-0.25, -0.2) is 4.98 Å². The summed E-state index contributed by atoms with van der Waals surface area (Å²) in [5.41, 5.74) is 3.14. The van der Waals surface area contributed by atoms with E-state index in [0.717, 1.165) is 22.8 Å². The van der Waals surface area contributed by atoms with Crippen LogP contribution in [0.1, 0.15) is 11.3 Å². The highest BCUT2D eigenvalue weighted by Gasteiger charge is 1.96. The number of pyridine rings is 1. The van der Waals surface area contributed by atoms with E-state index in [1.807, 2.05) is 49.4 Å². The van der Waals surface area contributed by atoms with Gasteiger partial charge in [0.15, 0.2) is 0 Å². The van der Waals surface area contributed by atoms with Crippen LogP contribution in [0.2, 0.25) is 0 Å². The molecule has 0 atom stereocenters. The molecule has 3 heteroatoms. The molecule has 2 aromatic rings. The number of aromatic nitrogens is 1. The SMILES string of the molecule is Cc1cccc(Nc2ccc(CCl)cc2)n1. The van der Waals surface area contributed by atoms with Crippen molar-refractivity contribution in [2.24, 2.45) is 0 Å². The molecule has 2 rings (SSSR count). The minimum absolute atomic E-state index is 0.545. The second-order valence-electron chi connectivity index (χ2n) is 3.62. The minimum Gasteiger partial charge on any atom is -0.340 e. The van der Waals surface area contributed by atoms with Crippen LogP contribution in [-0.4, -0.2) is 4.98 Å². The number of halogens is 1. The third-order valence-electron chi connectivity index (χ3n) is 2.27. The number of hydrogen-bond donors (Lipinski definition) is 1. The van der Waals surface area contributed by atoms with Crippen LogP contribution in [0.25, 0.3) is 0 Å². The van der Waals surface area contributed by atoms with Crippen LogP contribution >= 0.6 is 11.6 Å². The topological polar surface area (TPSA) is 24.9 Å². The third kappa shape index (κ3) is 2.74. The molecule has 0 unspecified atom stereocenters. The van der Waals surface area contributed by atoms with Crippen LogP contribution in [0.3, 0.4) is 0 Å². The van der Waals surface area contributed by atoms with Crippen LogP contribution in [0, 0.1) is 6.92 Å². The van der Waals surface area contributed by atoms with E-state index >= 15 is 0 Å². The summed E-state index contributed by atoms with van der Waals surface area (Å²) in [6.07, 6.45) is 0. The highest BCUT2D eigenvalue weighted by molar-refractivity contribution is 6.17. The van der Waals surface area contributed by atoms with E-state index in [1.165, 1.54) is 0 Å². The zero-order valence-electron chi connectivity index (χ0n) is 9.07. The molecule has 0 aliphatic carbocycles. The van der Waals surface area contributed by atoms with Gasteiger partial charge in [0.1, 0.15) is 5.82 Å². The van der Waals surface area contributed by atoms with E-state index in [0.29, 0.717) is 5.88 Å². The Morgan fingerprint density at radius 3 is 2.50 bits per heavy atom. The highest BCUT2D eigenvalue weighted by atomic mass is 35.5. The maximum atomic E-state index is 5.73. The van der Waals surface area contributed by atoms with Crippen LogP contribution in [0.15, 0.2) is 42.5 Å². The Morgan fingerprint density at radius 2 is 1.88 bits per heavy atom. The summed E-state index contributed by atoms with van der Waals surface area (Å²) in [7, 11) is 0. The Morgan fingerprint density at radius 1 is 1.12 bits per heavy atom. The van der Waals surface area contributed by atoms with E-state index < -0.39 is 0 Å². The number of hydrogen-bond acceptors (Lipinski definition) is 2. The summed E-state index contributed by atoms with van der Waals surface area (Å²) in [5.74, 6) is 1.40. The maximum Gasteiger partial charge on any atom is 0.130 e. The molecule has 0 aliphatic heterocycles. The number of rotatable bonds is 3. The van der Waals surface area contributed by atoms with Gasteiger partial charge in [0, 0.05) is 17.3 Å². The number of anilines is 2. The number of nitrogens with zero attached hydrogens (tertiary/aromatic N) is 1. The average molecular weight is 233 g/mol. The third-order valence-corrected chi connectivity index (χ3v) is 2.58. The Bertz CT molecular complexity index is 466. The Hall–Kier alpha value is -1.54. The fourth-order valence-electron chi connectivity index (χ4n) is 1.44. The molecule has 0 saturated carbocycles. The Kier molecular flexibility index (Phi) is 3.42. The van der Waals surface area contributed by atoms with E-state index in [1.54, 1.807) is 0 Å². The number of alkyl halides is 1. The van der Waals surface area contributed by atoms with Crippen LogP contribution in [-0.2, 0) is 5.88 Å². The summed E-state index contributed by atoms with van der Waals surface area (Å²) in [5, 5.41) is 3.24. The van der Waals surface area contributed by atoms with Crippen molar-refractivity contribution in [1.29, 1.82) is 0 Å². The second kappa shape index (κ2) is 4.99. The van der Waals surface area contributed by atoms with Crippen molar-refractivity contribution in [3.05, 3.63) is 53.7 Å². The first-order chi connectivity index (χ1) is 7.78. The first-order valence-electron chi connectivity index (χ1n) is 5.13. The fraction of sp³-hybridized carbons (Fsp3) is 0.154. The summed E-state index contributed by atoms with van der Waals surface area (Å²) >= 11 is 5.73. The van der Waals surface area contributed by atoms with Gasteiger partial charge in [-0.05, 0) is 36.8 Å². The van der Waals surface area contributed by atoms with E-state index in [2.05, 4.69) is 10.3 Å². The highest BCUT2D eigenvalue weighted by Crippen LogP contribution is 2.16. The predicted octanol–water partition coefficient (Wildman–Crippen LogP) is 3.87. The van der Waals surface area contributed by atoms with Gasteiger partial charge in [-0.3, -0.25) is 0 Å². The number of nitrogens with one attached hydrogen (secondary N) is 1. The molecule has 2 nitrogen and oxygen atoms in total. The van der Waals surface area contributed by atoms with Gasteiger partial charge >= 0.3 is 0 Å². The number of benzene rings is 1. The zero-order valence-corrected chi connectivity index (χ0v) is 9.83. The Balaban J connectivity index is 2.14. The zero-order chi connectivity index (χ0) is 11.4.